The van der Waals surface area contributed by atoms with Gasteiger partial charge in [0.15, 0.2) is 5.82 Å². The molecular weight excluding hydrogens is 587 g/mol. The van der Waals surface area contributed by atoms with Crippen molar-refractivity contribution >= 4 is 49.6 Å². The van der Waals surface area contributed by atoms with E-state index in [-0.39, 0.29) is 0 Å². The van der Waals surface area contributed by atoms with Crippen LogP contribution < -0.4 is 4.90 Å². The first-order valence-electron chi connectivity index (χ1n) is 16.1. The predicted octanol–water partition coefficient (Wildman–Crippen LogP) is 10.9. The molecule has 3 heterocycles. The topological polar surface area (TPSA) is 46.8 Å². The van der Waals surface area contributed by atoms with Crippen molar-refractivity contribution in [3.8, 4) is 39.6 Å². The maximum atomic E-state index is 5.01. The van der Waals surface area contributed by atoms with Gasteiger partial charge in [-0.2, -0.15) is 4.98 Å². The molecule has 2 aromatic heterocycles. The Morgan fingerprint density at radius 3 is 1.92 bits per heavy atom. The molecule has 0 saturated carbocycles. The van der Waals surface area contributed by atoms with Crippen molar-refractivity contribution in [2.45, 2.75) is 0 Å². The molecule has 0 amide bonds. The van der Waals surface area contributed by atoms with E-state index in [0.717, 1.165) is 44.4 Å². The minimum absolute atomic E-state index is 0.590. The molecule has 224 valence electrons. The molecule has 0 atom stereocenters. The number of aromatic nitrogens is 4. The van der Waals surface area contributed by atoms with Crippen molar-refractivity contribution in [3.05, 3.63) is 164 Å². The Kier molecular flexibility index (Phi) is 5.81. The number of hydrogen-bond acceptors (Lipinski definition) is 4. The van der Waals surface area contributed by atoms with E-state index in [2.05, 4.69) is 142 Å². The largest absolute Gasteiger partial charge is 0.309 e. The number of nitrogens with zero attached hydrogens (tertiary/aromatic N) is 5. The Labute approximate surface area is 277 Å². The smallest absolute Gasteiger partial charge is 0.238 e. The highest BCUT2D eigenvalue weighted by molar-refractivity contribution is 6.25. The van der Waals surface area contributed by atoms with Crippen LogP contribution in [-0.2, 0) is 0 Å². The summed E-state index contributed by atoms with van der Waals surface area (Å²) >= 11 is 0. The van der Waals surface area contributed by atoms with Crippen LogP contribution in [0.4, 0.5) is 17.1 Å². The second kappa shape index (κ2) is 10.5. The van der Waals surface area contributed by atoms with Gasteiger partial charge in [0.05, 0.1) is 22.4 Å². The van der Waals surface area contributed by atoms with Crippen molar-refractivity contribution in [2.75, 3.05) is 4.90 Å². The molecule has 1 aliphatic rings. The Morgan fingerprint density at radius 2 is 1.10 bits per heavy atom. The Hall–Kier alpha value is -6.59. The van der Waals surface area contributed by atoms with E-state index in [9.17, 15) is 0 Å². The molecule has 0 radical (unpaired) electrons. The molecule has 48 heavy (non-hydrogen) atoms. The molecule has 0 aliphatic carbocycles. The lowest BCUT2D eigenvalue weighted by molar-refractivity contribution is 0.946. The fraction of sp³-hybridized carbons (Fsp3) is 0. The van der Waals surface area contributed by atoms with Crippen LogP contribution in [0.15, 0.2) is 164 Å². The lowest BCUT2D eigenvalue weighted by Gasteiger charge is -2.34. The Morgan fingerprint density at radius 1 is 0.438 bits per heavy atom. The third kappa shape index (κ3) is 3.88. The first kappa shape index (κ1) is 26.6. The molecule has 5 nitrogen and oxygen atoms in total. The summed E-state index contributed by atoms with van der Waals surface area (Å²) in [5.74, 6) is 1.23. The van der Waals surface area contributed by atoms with E-state index >= 15 is 0 Å². The van der Waals surface area contributed by atoms with E-state index in [0.29, 0.717) is 11.8 Å². The fourth-order valence-corrected chi connectivity index (χ4v) is 7.46. The predicted molar refractivity (Wildman–Crippen MR) is 196 cm³/mol. The highest BCUT2D eigenvalue weighted by Crippen LogP contribution is 2.55. The van der Waals surface area contributed by atoms with E-state index in [4.69, 9.17) is 9.97 Å². The van der Waals surface area contributed by atoms with Crippen LogP contribution in [0.1, 0.15) is 0 Å². The van der Waals surface area contributed by atoms with E-state index < -0.39 is 0 Å². The van der Waals surface area contributed by atoms with Crippen LogP contribution in [0, 0.1) is 0 Å². The van der Waals surface area contributed by atoms with Crippen molar-refractivity contribution < 1.29 is 0 Å². The number of benzene rings is 7. The maximum absolute atomic E-state index is 5.01. The number of hydrogen-bond donors (Lipinski definition) is 0. The SMILES string of the molecule is c1ccc(-c2ncnc(-n3c4ccccc4c4c5c(ccc43)-c3ccc(-c4ccccc4)c4cccc(c34)N5c3ccccc3)n2)cc1. The molecule has 9 aromatic rings. The maximum Gasteiger partial charge on any atom is 0.238 e. The molecule has 0 bridgehead atoms. The average molecular weight is 614 g/mol. The second-order valence-electron chi connectivity index (χ2n) is 12.1. The monoisotopic (exact) mass is 613 g/mol. The minimum Gasteiger partial charge on any atom is -0.309 e. The third-order valence-electron chi connectivity index (χ3n) is 9.47. The number of para-hydroxylation sites is 2. The van der Waals surface area contributed by atoms with Gasteiger partial charge in [-0.3, -0.25) is 4.57 Å². The zero-order valence-corrected chi connectivity index (χ0v) is 25.8. The lowest BCUT2D eigenvalue weighted by Crippen LogP contribution is -2.15. The van der Waals surface area contributed by atoms with Gasteiger partial charge in [-0.25, -0.2) is 9.97 Å². The standard InChI is InChI=1S/C43H27N5/c1-4-13-28(14-5-1)31-23-24-33-34-25-26-38-40(41(34)47(30-17-8-3-9-18-30)37-22-12-20-32(31)39(33)37)35-19-10-11-21-36(35)48(38)43-45-27-44-42(46-43)29-15-6-2-7-16-29/h1-27H. The zero-order chi connectivity index (χ0) is 31.6. The van der Waals surface area contributed by atoms with Gasteiger partial charge >= 0.3 is 0 Å². The van der Waals surface area contributed by atoms with Gasteiger partial charge in [0, 0.05) is 33.0 Å². The van der Waals surface area contributed by atoms with Crippen LogP contribution in [0.3, 0.4) is 0 Å². The molecule has 7 aromatic carbocycles. The van der Waals surface area contributed by atoms with Gasteiger partial charge in [-0.15, -0.1) is 0 Å². The molecule has 5 heteroatoms. The van der Waals surface area contributed by atoms with Crippen molar-refractivity contribution in [2.24, 2.45) is 0 Å². The summed E-state index contributed by atoms with van der Waals surface area (Å²) < 4.78 is 2.18. The van der Waals surface area contributed by atoms with Gasteiger partial charge in [0.2, 0.25) is 5.95 Å². The summed E-state index contributed by atoms with van der Waals surface area (Å²) in [7, 11) is 0. The molecule has 10 rings (SSSR count). The van der Waals surface area contributed by atoms with E-state index in [1.807, 2.05) is 30.3 Å². The highest BCUT2D eigenvalue weighted by atomic mass is 15.2. The first-order valence-corrected chi connectivity index (χ1v) is 16.1. The quantitative estimate of drug-likeness (QED) is 0.198. The molecule has 0 spiro atoms. The first-order chi connectivity index (χ1) is 23.8. The van der Waals surface area contributed by atoms with Gasteiger partial charge < -0.3 is 4.90 Å². The summed E-state index contributed by atoms with van der Waals surface area (Å²) in [5, 5.41) is 4.79. The normalized spacial score (nSPS) is 12.1. The molecule has 1 aliphatic heterocycles. The van der Waals surface area contributed by atoms with Crippen molar-refractivity contribution in [3.63, 3.8) is 0 Å². The lowest BCUT2D eigenvalue weighted by atomic mass is 9.86. The van der Waals surface area contributed by atoms with Gasteiger partial charge in [0.1, 0.15) is 6.33 Å². The average Bonchev–Trinajstić information content (AvgIpc) is 3.51. The molecule has 0 saturated heterocycles. The van der Waals surface area contributed by atoms with E-state index in [1.165, 1.54) is 33.0 Å². The summed E-state index contributed by atoms with van der Waals surface area (Å²) in [5.41, 5.74) is 11.3. The molecule has 0 fully saturated rings. The third-order valence-corrected chi connectivity index (χ3v) is 9.47. The van der Waals surface area contributed by atoms with Crippen LogP contribution in [0.5, 0.6) is 0 Å². The molecule has 0 N–H and O–H groups in total. The van der Waals surface area contributed by atoms with Gasteiger partial charge in [0.25, 0.3) is 0 Å². The summed E-state index contributed by atoms with van der Waals surface area (Å²) in [6.45, 7) is 0. The summed E-state index contributed by atoms with van der Waals surface area (Å²) in [4.78, 5) is 16.7. The zero-order valence-electron chi connectivity index (χ0n) is 25.8. The number of fused-ring (bicyclic) bond motifs is 6. The highest BCUT2D eigenvalue weighted by Gasteiger charge is 2.31. The van der Waals surface area contributed by atoms with Crippen molar-refractivity contribution in [1.82, 2.24) is 19.5 Å². The number of rotatable bonds is 4. The van der Waals surface area contributed by atoms with Crippen molar-refractivity contribution in [1.29, 1.82) is 0 Å². The van der Waals surface area contributed by atoms with Gasteiger partial charge in [-0.05, 0) is 52.4 Å². The fourth-order valence-electron chi connectivity index (χ4n) is 7.46. The van der Waals surface area contributed by atoms with Gasteiger partial charge in [-0.1, -0.05) is 127 Å². The van der Waals surface area contributed by atoms with Crippen LogP contribution in [-0.4, -0.2) is 19.5 Å². The molecular formula is C43H27N5. The number of anilines is 3. The van der Waals surface area contributed by atoms with Crippen LogP contribution in [0.2, 0.25) is 0 Å². The van der Waals surface area contributed by atoms with Crippen LogP contribution in [0.25, 0.3) is 72.2 Å². The minimum atomic E-state index is 0.590. The van der Waals surface area contributed by atoms with E-state index in [1.54, 1.807) is 6.33 Å². The Balaban J connectivity index is 1.31. The van der Waals surface area contributed by atoms with Crippen LogP contribution >= 0.6 is 0 Å². The summed E-state index contributed by atoms with van der Waals surface area (Å²) in [6, 6.07) is 55.8. The summed E-state index contributed by atoms with van der Waals surface area (Å²) in [6.07, 6.45) is 1.61. The second-order valence-corrected chi connectivity index (χ2v) is 12.1. The molecule has 0 unspecified atom stereocenters. The Bertz CT molecular complexity index is 2660.